The molecule has 0 radical (unpaired) electrons. The number of anilines is 2. The van der Waals surface area contributed by atoms with Crippen molar-refractivity contribution in [2.45, 2.75) is 50.7 Å². The van der Waals surface area contributed by atoms with E-state index < -0.39 is 0 Å². The van der Waals surface area contributed by atoms with Crippen molar-refractivity contribution in [1.29, 1.82) is 0 Å². The maximum atomic E-state index is 13.0. The number of rotatable bonds is 9. The van der Waals surface area contributed by atoms with Crippen molar-refractivity contribution >= 4 is 45.7 Å². The summed E-state index contributed by atoms with van der Waals surface area (Å²) in [5.74, 6) is 0.645. The molecule has 1 aromatic heterocycles. The molecule has 1 unspecified atom stereocenters. The van der Waals surface area contributed by atoms with Crippen molar-refractivity contribution in [1.82, 2.24) is 4.98 Å². The van der Waals surface area contributed by atoms with Gasteiger partial charge < -0.3 is 15.4 Å². The molecule has 0 saturated carbocycles. The number of nitrogens with zero attached hydrogens (tertiary/aromatic N) is 1. The molecule has 0 spiro atoms. The average molecular weight is 498 g/mol. The molecule has 2 N–H and O–H groups in total. The molecule has 0 aliphatic rings. The summed E-state index contributed by atoms with van der Waals surface area (Å²) in [6, 6.07) is 15.3. The number of ether oxygens (including phenoxy) is 1. The van der Waals surface area contributed by atoms with E-state index in [0.717, 1.165) is 27.6 Å². The summed E-state index contributed by atoms with van der Waals surface area (Å²) in [5.41, 5.74) is 2.38. The molecule has 2 aromatic carbocycles. The number of benzene rings is 2. The number of carbonyl (C=O) groups excluding carboxylic acids is 2. The monoisotopic (exact) mass is 497 g/mol. The van der Waals surface area contributed by atoms with E-state index >= 15 is 0 Å². The Labute approximate surface area is 209 Å². The number of amides is 2. The molecule has 180 valence electrons. The van der Waals surface area contributed by atoms with Crippen molar-refractivity contribution in [3.05, 3.63) is 53.9 Å². The molecular weight excluding hydrogens is 466 g/mol. The predicted octanol–water partition coefficient (Wildman–Crippen LogP) is 6.70. The molecule has 0 saturated heterocycles. The summed E-state index contributed by atoms with van der Waals surface area (Å²) in [6.45, 7) is 8.08. The number of hydrogen-bond donors (Lipinski definition) is 2. The standard InChI is InChI=1S/C26H31N3O3S2/c1-6-22(34-20-12-8-10-18(14-20)27-23(30)15-26(2,3)4)24(31)29-25-28-21(16-33-25)17-9-7-11-19(13-17)32-5/h7-14,16,22H,6,15H2,1-5H3,(H,27,30)(H,28,29,31). The maximum absolute atomic E-state index is 13.0. The highest BCUT2D eigenvalue weighted by molar-refractivity contribution is 8.00. The van der Waals surface area contributed by atoms with E-state index in [1.54, 1.807) is 7.11 Å². The molecule has 2 amide bonds. The van der Waals surface area contributed by atoms with Crippen LogP contribution < -0.4 is 15.4 Å². The first kappa shape index (κ1) is 25.8. The second-order valence-corrected chi connectivity index (χ2v) is 11.2. The van der Waals surface area contributed by atoms with Gasteiger partial charge in [0.25, 0.3) is 0 Å². The minimum atomic E-state index is -0.287. The quantitative estimate of drug-likeness (QED) is 0.321. The molecular formula is C26H31N3O3S2. The van der Waals surface area contributed by atoms with Crippen LogP contribution in [-0.4, -0.2) is 29.2 Å². The Morgan fingerprint density at radius 1 is 1.12 bits per heavy atom. The van der Waals surface area contributed by atoms with E-state index in [-0.39, 0.29) is 22.5 Å². The van der Waals surface area contributed by atoms with Crippen LogP contribution in [0.4, 0.5) is 10.8 Å². The first-order chi connectivity index (χ1) is 16.2. The lowest BCUT2D eigenvalue weighted by atomic mass is 9.92. The Hall–Kier alpha value is -2.84. The van der Waals surface area contributed by atoms with Gasteiger partial charge >= 0.3 is 0 Å². The third kappa shape index (κ3) is 7.60. The van der Waals surface area contributed by atoms with Gasteiger partial charge in [0.15, 0.2) is 5.13 Å². The first-order valence-corrected chi connectivity index (χ1v) is 12.9. The Morgan fingerprint density at radius 3 is 2.59 bits per heavy atom. The summed E-state index contributed by atoms with van der Waals surface area (Å²) in [7, 11) is 1.63. The molecule has 0 aliphatic carbocycles. The molecule has 1 heterocycles. The van der Waals surface area contributed by atoms with Crippen LogP contribution in [0.5, 0.6) is 5.75 Å². The van der Waals surface area contributed by atoms with E-state index in [4.69, 9.17) is 4.74 Å². The van der Waals surface area contributed by atoms with Gasteiger partial charge in [0.2, 0.25) is 11.8 Å². The van der Waals surface area contributed by atoms with Gasteiger partial charge in [0, 0.05) is 27.9 Å². The molecule has 3 rings (SSSR count). The fraction of sp³-hybridized carbons (Fsp3) is 0.346. The lowest BCUT2D eigenvalue weighted by Crippen LogP contribution is -2.24. The van der Waals surface area contributed by atoms with E-state index in [2.05, 4.69) is 15.6 Å². The normalized spacial score (nSPS) is 12.1. The van der Waals surface area contributed by atoms with E-state index in [1.807, 2.05) is 81.6 Å². The number of thioether (sulfide) groups is 1. The predicted molar refractivity (Wildman–Crippen MR) is 142 cm³/mol. The largest absolute Gasteiger partial charge is 0.497 e. The lowest BCUT2D eigenvalue weighted by Gasteiger charge is -2.18. The van der Waals surface area contributed by atoms with Gasteiger partial charge in [-0.1, -0.05) is 45.9 Å². The van der Waals surface area contributed by atoms with Crippen LogP contribution in [0.1, 0.15) is 40.5 Å². The summed E-state index contributed by atoms with van der Waals surface area (Å²) in [4.78, 5) is 30.7. The number of carbonyl (C=O) groups is 2. The van der Waals surface area contributed by atoms with Crippen molar-refractivity contribution in [2.24, 2.45) is 5.41 Å². The van der Waals surface area contributed by atoms with Crippen LogP contribution in [0, 0.1) is 5.41 Å². The Morgan fingerprint density at radius 2 is 1.88 bits per heavy atom. The summed E-state index contributed by atoms with van der Waals surface area (Å²) >= 11 is 2.87. The minimum absolute atomic E-state index is 0.0185. The zero-order chi connectivity index (χ0) is 24.7. The zero-order valence-corrected chi connectivity index (χ0v) is 21.8. The van der Waals surface area contributed by atoms with Crippen molar-refractivity contribution in [3.8, 4) is 17.0 Å². The Bertz CT molecular complexity index is 1140. The van der Waals surface area contributed by atoms with Gasteiger partial charge in [0.1, 0.15) is 5.75 Å². The second kappa shape index (κ2) is 11.5. The molecule has 6 nitrogen and oxygen atoms in total. The SMILES string of the molecule is CCC(Sc1cccc(NC(=O)CC(C)(C)C)c1)C(=O)Nc1nc(-c2cccc(OC)c2)cs1. The van der Waals surface area contributed by atoms with Gasteiger partial charge in [-0.05, 0) is 42.2 Å². The number of hydrogen-bond acceptors (Lipinski definition) is 6. The highest BCUT2D eigenvalue weighted by atomic mass is 32.2. The smallest absolute Gasteiger partial charge is 0.239 e. The van der Waals surface area contributed by atoms with Gasteiger partial charge in [-0.15, -0.1) is 23.1 Å². The molecule has 8 heteroatoms. The summed E-state index contributed by atoms with van der Waals surface area (Å²) < 4.78 is 5.28. The van der Waals surface area contributed by atoms with Gasteiger partial charge in [0.05, 0.1) is 18.1 Å². The average Bonchev–Trinajstić information content (AvgIpc) is 3.24. The number of thiazole rings is 1. The second-order valence-electron chi connectivity index (χ2n) is 9.09. The van der Waals surface area contributed by atoms with Crippen LogP contribution in [0.3, 0.4) is 0 Å². The van der Waals surface area contributed by atoms with E-state index in [9.17, 15) is 9.59 Å². The van der Waals surface area contributed by atoms with Crippen LogP contribution in [0.2, 0.25) is 0 Å². The summed E-state index contributed by atoms with van der Waals surface area (Å²) in [5, 5.41) is 8.10. The highest BCUT2D eigenvalue weighted by Gasteiger charge is 2.20. The van der Waals surface area contributed by atoms with Gasteiger partial charge in [-0.3, -0.25) is 9.59 Å². The topological polar surface area (TPSA) is 80.3 Å². The molecule has 0 fully saturated rings. The molecule has 1 atom stereocenters. The molecule has 3 aromatic rings. The fourth-order valence-corrected chi connectivity index (χ4v) is 4.99. The van der Waals surface area contributed by atoms with E-state index in [0.29, 0.717) is 18.0 Å². The van der Waals surface area contributed by atoms with Gasteiger partial charge in [-0.2, -0.15) is 0 Å². The third-order valence-electron chi connectivity index (χ3n) is 4.85. The fourth-order valence-electron chi connectivity index (χ4n) is 3.25. The van der Waals surface area contributed by atoms with Crippen molar-refractivity contribution < 1.29 is 14.3 Å². The molecule has 0 bridgehead atoms. The maximum Gasteiger partial charge on any atom is 0.239 e. The Kier molecular flexibility index (Phi) is 8.74. The van der Waals surface area contributed by atoms with Crippen LogP contribution in [-0.2, 0) is 9.59 Å². The molecule has 34 heavy (non-hydrogen) atoms. The van der Waals surface area contributed by atoms with Crippen LogP contribution >= 0.6 is 23.1 Å². The zero-order valence-electron chi connectivity index (χ0n) is 20.2. The Balaban J connectivity index is 1.63. The number of nitrogens with one attached hydrogen (secondary N) is 2. The van der Waals surface area contributed by atoms with Crippen LogP contribution in [0.15, 0.2) is 58.8 Å². The first-order valence-electron chi connectivity index (χ1n) is 11.1. The molecule has 0 aliphatic heterocycles. The van der Waals surface area contributed by atoms with E-state index in [1.165, 1.54) is 23.1 Å². The summed E-state index contributed by atoms with van der Waals surface area (Å²) in [6.07, 6.45) is 1.10. The lowest BCUT2D eigenvalue weighted by molar-refractivity contribution is -0.118. The van der Waals surface area contributed by atoms with Crippen LogP contribution in [0.25, 0.3) is 11.3 Å². The number of methoxy groups -OCH3 is 1. The van der Waals surface area contributed by atoms with Gasteiger partial charge in [-0.25, -0.2) is 4.98 Å². The highest BCUT2D eigenvalue weighted by Crippen LogP contribution is 2.31. The number of aromatic nitrogens is 1. The third-order valence-corrected chi connectivity index (χ3v) is 6.97. The van der Waals surface area contributed by atoms with Crippen molar-refractivity contribution in [3.63, 3.8) is 0 Å². The van der Waals surface area contributed by atoms with Crippen molar-refractivity contribution in [2.75, 3.05) is 17.7 Å². The minimum Gasteiger partial charge on any atom is -0.497 e.